The number of benzene rings is 2. The highest BCUT2D eigenvalue weighted by molar-refractivity contribution is 9.10. The lowest BCUT2D eigenvalue weighted by atomic mass is 10.00. The van der Waals surface area contributed by atoms with Crippen molar-refractivity contribution in [3.8, 4) is 5.75 Å². The fraction of sp³-hybridized carbons (Fsp3) is 0.200. The standard InChI is InChI=1S/C15H16BrNO3S/c1-20-11-6-7-13(14(16)9-11)15(17)10-4-3-5-12(8-10)21(2,18)19/h3-9,15H,17H2,1-2H3. The Labute approximate surface area is 133 Å². The maximum absolute atomic E-state index is 11.6. The van der Waals surface area contributed by atoms with E-state index in [1.807, 2.05) is 24.3 Å². The van der Waals surface area contributed by atoms with Crippen LogP contribution in [-0.2, 0) is 9.84 Å². The Balaban J connectivity index is 2.43. The predicted octanol–water partition coefficient (Wildman–Crippen LogP) is 2.91. The number of halogens is 1. The normalized spacial score (nSPS) is 13.0. The molecule has 2 N–H and O–H groups in total. The first-order chi connectivity index (χ1) is 9.82. The molecule has 112 valence electrons. The molecule has 4 nitrogen and oxygen atoms in total. The van der Waals surface area contributed by atoms with E-state index in [1.165, 1.54) is 6.26 Å². The zero-order valence-electron chi connectivity index (χ0n) is 11.7. The molecule has 2 aromatic carbocycles. The van der Waals surface area contributed by atoms with Crippen LogP contribution < -0.4 is 10.5 Å². The average molecular weight is 370 g/mol. The van der Waals surface area contributed by atoms with Gasteiger partial charge in [-0.3, -0.25) is 0 Å². The van der Waals surface area contributed by atoms with E-state index in [0.29, 0.717) is 0 Å². The number of ether oxygens (including phenoxy) is 1. The molecule has 0 spiro atoms. The summed E-state index contributed by atoms with van der Waals surface area (Å²) >= 11 is 3.47. The fourth-order valence-electron chi connectivity index (χ4n) is 2.01. The van der Waals surface area contributed by atoms with Crippen LogP contribution in [0.15, 0.2) is 51.8 Å². The van der Waals surface area contributed by atoms with Crippen molar-refractivity contribution in [3.05, 3.63) is 58.1 Å². The van der Waals surface area contributed by atoms with Crippen molar-refractivity contribution in [2.45, 2.75) is 10.9 Å². The third kappa shape index (κ3) is 3.64. The molecular weight excluding hydrogens is 354 g/mol. The van der Waals surface area contributed by atoms with Gasteiger partial charge >= 0.3 is 0 Å². The maximum Gasteiger partial charge on any atom is 0.175 e. The van der Waals surface area contributed by atoms with Gasteiger partial charge in [0.05, 0.1) is 18.0 Å². The number of methoxy groups -OCH3 is 1. The van der Waals surface area contributed by atoms with E-state index in [4.69, 9.17) is 10.5 Å². The highest BCUT2D eigenvalue weighted by atomic mass is 79.9. The van der Waals surface area contributed by atoms with Crippen LogP contribution in [0.2, 0.25) is 0 Å². The zero-order valence-corrected chi connectivity index (χ0v) is 14.1. The van der Waals surface area contributed by atoms with Crippen molar-refractivity contribution in [1.82, 2.24) is 0 Å². The van der Waals surface area contributed by atoms with Crippen molar-refractivity contribution < 1.29 is 13.2 Å². The van der Waals surface area contributed by atoms with Crippen LogP contribution in [0.4, 0.5) is 0 Å². The Morgan fingerprint density at radius 2 is 1.90 bits per heavy atom. The largest absolute Gasteiger partial charge is 0.497 e. The van der Waals surface area contributed by atoms with Crippen LogP contribution in [-0.4, -0.2) is 21.8 Å². The van der Waals surface area contributed by atoms with Gasteiger partial charge in [0.1, 0.15) is 5.75 Å². The molecule has 1 atom stereocenters. The van der Waals surface area contributed by atoms with Gasteiger partial charge in [0.15, 0.2) is 9.84 Å². The number of nitrogens with two attached hydrogens (primary N) is 1. The number of hydrogen-bond donors (Lipinski definition) is 1. The van der Waals surface area contributed by atoms with Crippen LogP contribution in [0.1, 0.15) is 17.2 Å². The third-order valence-corrected chi connectivity index (χ3v) is 4.99. The maximum atomic E-state index is 11.6. The molecule has 0 fully saturated rings. The van der Waals surface area contributed by atoms with Crippen LogP contribution >= 0.6 is 15.9 Å². The molecule has 6 heteroatoms. The van der Waals surface area contributed by atoms with Gasteiger partial charge in [-0.25, -0.2) is 8.42 Å². The van der Waals surface area contributed by atoms with Crippen molar-refractivity contribution in [3.63, 3.8) is 0 Å². The Kier molecular flexibility index (Phi) is 4.70. The zero-order chi connectivity index (χ0) is 15.6. The molecule has 0 saturated carbocycles. The van der Waals surface area contributed by atoms with E-state index < -0.39 is 15.9 Å². The van der Waals surface area contributed by atoms with E-state index in [9.17, 15) is 8.42 Å². The molecule has 0 aliphatic carbocycles. The van der Waals surface area contributed by atoms with E-state index in [-0.39, 0.29) is 4.90 Å². The van der Waals surface area contributed by atoms with E-state index in [2.05, 4.69) is 15.9 Å². The summed E-state index contributed by atoms with van der Waals surface area (Å²) in [6.45, 7) is 0. The van der Waals surface area contributed by atoms with Crippen molar-refractivity contribution >= 4 is 25.8 Å². The second-order valence-electron chi connectivity index (χ2n) is 4.71. The molecule has 1 unspecified atom stereocenters. The van der Waals surface area contributed by atoms with Crippen LogP contribution in [0.3, 0.4) is 0 Å². The lowest BCUT2D eigenvalue weighted by molar-refractivity contribution is 0.414. The summed E-state index contributed by atoms with van der Waals surface area (Å²) < 4.78 is 29.2. The summed E-state index contributed by atoms with van der Waals surface area (Å²) in [7, 11) is -1.65. The lowest BCUT2D eigenvalue weighted by Gasteiger charge is -2.16. The molecule has 2 rings (SSSR count). The Bertz CT molecular complexity index is 759. The summed E-state index contributed by atoms with van der Waals surface area (Å²) in [4.78, 5) is 0.264. The monoisotopic (exact) mass is 369 g/mol. The summed E-state index contributed by atoms with van der Waals surface area (Å²) in [5, 5.41) is 0. The molecule has 0 radical (unpaired) electrons. The minimum Gasteiger partial charge on any atom is -0.497 e. The van der Waals surface area contributed by atoms with Gasteiger partial charge in [0.25, 0.3) is 0 Å². The quantitative estimate of drug-likeness (QED) is 0.899. The summed E-state index contributed by atoms with van der Waals surface area (Å²) in [5.74, 6) is 0.725. The molecule has 0 aliphatic heterocycles. The van der Waals surface area contributed by atoms with Gasteiger partial charge in [0.2, 0.25) is 0 Å². The summed E-state index contributed by atoms with van der Waals surface area (Å²) in [6, 6.07) is 11.8. The first-order valence-corrected chi connectivity index (χ1v) is 8.90. The molecule has 21 heavy (non-hydrogen) atoms. The minimum absolute atomic E-state index is 0.264. The number of hydrogen-bond acceptors (Lipinski definition) is 4. The Morgan fingerprint density at radius 3 is 2.48 bits per heavy atom. The van der Waals surface area contributed by atoms with Gasteiger partial charge < -0.3 is 10.5 Å². The molecule has 2 aromatic rings. The Morgan fingerprint density at radius 1 is 1.19 bits per heavy atom. The smallest absolute Gasteiger partial charge is 0.175 e. The lowest BCUT2D eigenvalue weighted by Crippen LogP contribution is -2.13. The highest BCUT2D eigenvalue weighted by Gasteiger charge is 2.15. The average Bonchev–Trinajstić information content (AvgIpc) is 2.45. The molecule has 0 amide bonds. The molecular formula is C15H16BrNO3S. The summed E-state index contributed by atoms with van der Waals surface area (Å²) in [5.41, 5.74) is 7.86. The molecule has 0 aromatic heterocycles. The van der Waals surface area contributed by atoms with Gasteiger partial charge in [-0.1, -0.05) is 34.1 Å². The Hall–Kier alpha value is -1.37. The fourth-order valence-corrected chi connectivity index (χ4v) is 3.29. The van der Waals surface area contributed by atoms with Crippen LogP contribution in [0.25, 0.3) is 0 Å². The van der Waals surface area contributed by atoms with Crippen molar-refractivity contribution in [2.24, 2.45) is 5.73 Å². The second kappa shape index (κ2) is 6.17. The molecule has 0 saturated heterocycles. The predicted molar refractivity (Wildman–Crippen MR) is 86.3 cm³/mol. The third-order valence-electron chi connectivity index (χ3n) is 3.19. The second-order valence-corrected chi connectivity index (χ2v) is 7.58. The van der Waals surface area contributed by atoms with Gasteiger partial charge in [-0.15, -0.1) is 0 Å². The SMILES string of the molecule is COc1ccc(C(N)c2cccc(S(C)(=O)=O)c2)c(Br)c1. The number of rotatable bonds is 4. The van der Waals surface area contributed by atoms with Crippen LogP contribution in [0.5, 0.6) is 5.75 Å². The van der Waals surface area contributed by atoms with E-state index >= 15 is 0 Å². The summed E-state index contributed by atoms with van der Waals surface area (Å²) in [6.07, 6.45) is 1.18. The van der Waals surface area contributed by atoms with Crippen molar-refractivity contribution in [1.29, 1.82) is 0 Å². The van der Waals surface area contributed by atoms with E-state index in [0.717, 1.165) is 21.3 Å². The molecule has 0 bridgehead atoms. The first kappa shape index (κ1) is 16.0. The van der Waals surface area contributed by atoms with Gasteiger partial charge in [-0.2, -0.15) is 0 Å². The van der Waals surface area contributed by atoms with E-state index in [1.54, 1.807) is 25.3 Å². The van der Waals surface area contributed by atoms with Crippen molar-refractivity contribution in [2.75, 3.05) is 13.4 Å². The topological polar surface area (TPSA) is 69.4 Å². The van der Waals surface area contributed by atoms with Gasteiger partial charge in [-0.05, 0) is 35.4 Å². The van der Waals surface area contributed by atoms with Crippen LogP contribution in [0, 0.1) is 0 Å². The highest BCUT2D eigenvalue weighted by Crippen LogP contribution is 2.30. The number of sulfone groups is 1. The van der Waals surface area contributed by atoms with Gasteiger partial charge in [0, 0.05) is 10.7 Å². The first-order valence-electron chi connectivity index (χ1n) is 6.22. The molecule has 0 heterocycles. The molecule has 0 aliphatic rings. The minimum atomic E-state index is -3.25.